The van der Waals surface area contributed by atoms with Gasteiger partial charge in [-0.15, -0.1) is 11.3 Å². The van der Waals surface area contributed by atoms with Crippen molar-refractivity contribution in [3.05, 3.63) is 40.5 Å². The summed E-state index contributed by atoms with van der Waals surface area (Å²) in [4.78, 5) is 12.5. The Bertz CT molecular complexity index is 495. The molecule has 0 aromatic carbocycles. The van der Waals surface area contributed by atoms with E-state index in [1.807, 2.05) is 12.4 Å². The minimum atomic E-state index is 0.313. The summed E-state index contributed by atoms with van der Waals surface area (Å²) in [6.45, 7) is 6.14. The molecule has 0 saturated heterocycles. The molecule has 0 saturated carbocycles. The van der Waals surface area contributed by atoms with Gasteiger partial charge in [-0.1, -0.05) is 13.0 Å². The van der Waals surface area contributed by atoms with Crippen LogP contribution in [-0.4, -0.2) is 23.6 Å². The lowest BCUT2D eigenvalue weighted by Crippen LogP contribution is -2.22. The van der Waals surface area contributed by atoms with Crippen molar-refractivity contribution in [2.75, 3.05) is 18.5 Å². The van der Waals surface area contributed by atoms with Gasteiger partial charge in [0.2, 0.25) is 0 Å². The Kier molecular flexibility index (Phi) is 5.49. The Morgan fingerprint density at radius 1 is 1.35 bits per heavy atom. The highest BCUT2D eigenvalue weighted by Crippen LogP contribution is 2.26. The summed E-state index contributed by atoms with van der Waals surface area (Å²) >= 11 is 1.77. The number of rotatable bonds is 7. The first-order valence-electron chi connectivity index (χ1n) is 7.00. The third-order valence-electron chi connectivity index (χ3n) is 3.32. The molecule has 0 aliphatic carbocycles. The second-order valence-electron chi connectivity index (χ2n) is 4.85. The van der Waals surface area contributed by atoms with Gasteiger partial charge >= 0.3 is 0 Å². The molecular weight excluding hydrogens is 268 g/mol. The van der Waals surface area contributed by atoms with Gasteiger partial charge in [0.15, 0.2) is 0 Å². The molecule has 0 spiro atoms. The van der Waals surface area contributed by atoms with Crippen molar-refractivity contribution < 1.29 is 0 Å². The van der Waals surface area contributed by atoms with Crippen LogP contribution in [0.25, 0.3) is 0 Å². The lowest BCUT2D eigenvalue weighted by atomic mass is 10.2. The van der Waals surface area contributed by atoms with Crippen molar-refractivity contribution >= 4 is 17.2 Å². The summed E-state index contributed by atoms with van der Waals surface area (Å²) in [6, 6.07) is 4.55. The van der Waals surface area contributed by atoms with Crippen LogP contribution < -0.4 is 10.2 Å². The van der Waals surface area contributed by atoms with E-state index in [1.54, 1.807) is 11.3 Å². The van der Waals surface area contributed by atoms with E-state index in [9.17, 15) is 0 Å². The molecule has 20 heavy (non-hydrogen) atoms. The molecule has 2 heterocycles. The van der Waals surface area contributed by atoms with Crippen molar-refractivity contribution in [1.29, 1.82) is 0 Å². The lowest BCUT2D eigenvalue weighted by molar-refractivity contribution is 0.660. The molecule has 5 heteroatoms. The summed E-state index contributed by atoms with van der Waals surface area (Å²) < 4.78 is 0. The molecule has 0 aliphatic heterocycles. The Morgan fingerprint density at radius 2 is 2.20 bits per heavy atom. The Morgan fingerprint density at radius 3 is 2.80 bits per heavy atom. The second-order valence-corrected chi connectivity index (χ2v) is 5.82. The van der Waals surface area contributed by atoms with Gasteiger partial charge in [-0.05, 0) is 31.3 Å². The fourth-order valence-corrected chi connectivity index (χ4v) is 2.76. The van der Waals surface area contributed by atoms with Crippen molar-refractivity contribution in [3.8, 4) is 0 Å². The highest BCUT2D eigenvalue weighted by Gasteiger charge is 2.14. The van der Waals surface area contributed by atoms with E-state index < -0.39 is 0 Å². The number of hydrogen-bond donors (Lipinski definition) is 1. The largest absolute Gasteiger partial charge is 0.351 e. The number of anilines is 1. The maximum Gasteiger partial charge on any atom is 0.147 e. The first-order chi connectivity index (χ1) is 9.72. The molecule has 2 aromatic rings. The van der Waals surface area contributed by atoms with Crippen LogP contribution in [0.5, 0.6) is 0 Å². The third kappa shape index (κ3) is 3.77. The first-order valence-corrected chi connectivity index (χ1v) is 7.88. The zero-order valence-corrected chi connectivity index (χ0v) is 13.2. The number of aromatic nitrogens is 2. The zero-order chi connectivity index (χ0) is 14.4. The van der Waals surface area contributed by atoms with Gasteiger partial charge in [-0.25, -0.2) is 4.98 Å². The van der Waals surface area contributed by atoms with Crippen LogP contribution in [-0.2, 0) is 6.54 Å². The topological polar surface area (TPSA) is 41.1 Å². The van der Waals surface area contributed by atoms with Crippen LogP contribution in [0.3, 0.4) is 0 Å². The summed E-state index contributed by atoms with van der Waals surface area (Å²) in [7, 11) is 2.06. The van der Waals surface area contributed by atoms with Crippen molar-refractivity contribution in [3.63, 3.8) is 0 Å². The molecule has 0 bridgehead atoms. The van der Waals surface area contributed by atoms with Crippen LogP contribution >= 0.6 is 11.3 Å². The Balaban J connectivity index is 1.98. The number of nitrogens with zero attached hydrogens (tertiary/aromatic N) is 3. The third-order valence-corrected chi connectivity index (χ3v) is 4.36. The van der Waals surface area contributed by atoms with Gasteiger partial charge in [0, 0.05) is 18.5 Å². The average molecular weight is 290 g/mol. The zero-order valence-electron chi connectivity index (χ0n) is 12.3. The van der Waals surface area contributed by atoms with Crippen molar-refractivity contribution in [2.24, 2.45) is 0 Å². The van der Waals surface area contributed by atoms with E-state index in [-0.39, 0.29) is 0 Å². The predicted octanol–water partition coefficient (Wildman–Crippen LogP) is 3.24. The van der Waals surface area contributed by atoms with Crippen LogP contribution in [0.15, 0.2) is 29.9 Å². The van der Waals surface area contributed by atoms with E-state index in [0.717, 1.165) is 31.0 Å². The molecule has 108 valence electrons. The van der Waals surface area contributed by atoms with Crippen molar-refractivity contribution in [1.82, 2.24) is 15.3 Å². The van der Waals surface area contributed by atoms with E-state index in [0.29, 0.717) is 6.04 Å². The molecule has 1 N–H and O–H groups in total. The normalized spacial score (nSPS) is 12.3. The van der Waals surface area contributed by atoms with Crippen LogP contribution in [0, 0.1) is 0 Å². The van der Waals surface area contributed by atoms with Crippen LogP contribution in [0.2, 0.25) is 0 Å². The van der Waals surface area contributed by atoms with Gasteiger partial charge in [-0.2, -0.15) is 0 Å². The lowest BCUT2D eigenvalue weighted by Gasteiger charge is -2.24. The number of nitrogens with one attached hydrogen (secondary N) is 1. The second kappa shape index (κ2) is 7.36. The van der Waals surface area contributed by atoms with Gasteiger partial charge in [0.1, 0.15) is 5.82 Å². The average Bonchev–Trinajstić information content (AvgIpc) is 3.01. The van der Waals surface area contributed by atoms with Gasteiger partial charge < -0.3 is 10.2 Å². The van der Waals surface area contributed by atoms with Gasteiger partial charge in [0.25, 0.3) is 0 Å². The molecule has 1 unspecified atom stereocenters. The molecule has 0 amide bonds. The highest BCUT2D eigenvalue weighted by atomic mass is 32.1. The van der Waals surface area contributed by atoms with E-state index in [1.165, 1.54) is 4.88 Å². The molecule has 4 nitrogen and oxygen atoms in total. The van der Waals surface area contributed by atoms with E-state index in [2.05, 4.69) is 58.6 Å². The first kappa shape index (κ1) is 14.9. The molecule has 2 rings (SSSR count). The Hall–Kier alpha value is -1.46. The smallest absolute Gasteiger partial charge is 0.147 e. The summed E-state index contributed by atoms with van der Waals surface area (Å²) in [5.74, 6) is 0.908. The van der Waals surface area contributed by atoms with Crippen molar-refractivity contribution in [2.45, 2.75) is 32.9 Å². The van der Waals surface area contributed by atoms with Gasteiger partial charge in [0.05, 0.1) is 24.1 Å². The maximum atomic E-state index is 4.52. The molecule has 0 radical (unpaired) electrons. The maximum absolute atomic E-state index is 4.52. The highest BCUT2D eigenvalue weighted by molar-refractivity contribution is 7.10. The van der Waals surface area contributed by atoms with Gasteiger partial charge in [-0.3, -0.25) is 4.98 Å². The summed E-state index contributed by atoms with van der Waals surface area (Å²) in [5.41, 5.74) is 0.986. The van der Waals surface area contributed by atoms with Crippen LogP contribution in [0.1, 0.15) is 36.9 Å². The van der Waals surface area contributed by atoms with E-state index >= 15 is 0 Å². The molecule has 0 aliphatic rings. The summed E-state index contributed by atoms with van der Waals surface area (Å²) in [5, 5.41) is 5.44. The molecular formula is C15H22N4S. The number of thiophene rings is 1. The van der Waals surface area contributed by atoms with E-state index in [4.69, 9.17) is 0 Å². The molecule has 2 aromatic heterocycles. The predicted molar refractivity (Wildman–Crippen MR) is 85.2 cm³/mol. The SMILES string of the molecule is CCCNCc1cnc(N(C)C(C)c2cccs2)cn1. The standard InChI is InChI=1S/C15H22N4S/c1-4-7-16-9-13-10-18-15(11-17-13)19(3)12(2)14-6-5-8-20-14/h5-6,8,10-12,16H,4,7,9H2,1-3H3. The number of hydrogen-bond acceptors (Lipinski definition) is 5. The Labute approximate surface area is 124 Å². The molecule has 1 atom stereocenters. The fraction of sp³-hybridized carbons (Fsp3) is 0.467. The minimum Gasteiger partial charge on any atom is -0.351 e. The fourth-order valence-electron chi connectivity index (χ4n) is 1.93. The summed E-state index contributed by atoms with van der Waals surface area (Å²) in [6.07, 6.45) is 4.84. The minimum absolute atomic E-state index is 0.313. The monoisotopic (exact) mass is 290 g/mol. The quantitative estimate of drug-likeness (QED) is 0.795. The van der Waals surface area contributed by atoms with Crippen LogP contribution in [0.4, 0.5) is 5.82 Å². The molecule has 0 fully saturated rings.